The second kappa shape index (κ2) is 6.99. The smallest absolute Gasteiger partial charge is 0.310 e. The Bertz CT molecular complexity index is 1240. The lowest BCUT2D eigenvalue weighted by Gasteiger charge is -2.32. The van der Waals surface area contributed by atoms with E-state index >= 15 is 0 Å². The molecule has 1 aromatic carbocycles. The third-order valence-corrected chi connectivity index (χ3v) is 6.59. The number of fused-ring (bicyclic) bond motifs is 3. The van der Waals surface area contributed by atoms with Crippen molar-refractivity contribution < 1.29 is 23.7 Å². The minimum atomic E-state index is -0.801. The Morgan fingerprint density at radius 1 is 1.12 bits per heavy atom. The van der Waals surface area contributed by atoms with Gasteiger partial charge in [0.05, 0.1) is 12.1 Å². The predicted molar refractivity (Wildman–Crippen MR) is 114 cm³/mol. The van der Waals surface area contributed by atoms with Crippen LogP contribution in [0.4, 0.5) is 0 Å². The summed E-state index contributed by atoms with van der Waals surface area (Å²) in [5.74, 6) is -1.12. The van der Waals surface area contributed by atoms with Crippen molar-refractivity contribution in [1.29, 1.82) is 0 Å². The number of benzene rings is 1. The SMILES string of the molecule is Cc1ncnc2c1ccn2[C@@H]1O[C@H](C2OC(=O)Cc3cc(Cl)ccc32)[C@H]2OC(C)(C)O[C@H]21. The van der Waals surface area contributed by atoms with E-state index in [9.17, 15) is 4.79 Å². The van der Waals surface area contributed by atoms with Crippen LogP contribution in [0.2, 0.25) is 5.02 Å². The van der Waals surface area contributed by atoms with Crippen molar-refractivity contribution in [3.63, 3.8) is 0 Å². The first-order valence-electron chi connectivity index (χ1n) is 10.6. The fourth-order valence-corrected chi connectivity index (χ4v) is 5.22. The van der Waals surface area contributed by atoms with Crippen LogP contribution in [0, 0.1) is 6.92 Å². The van der Waals surface area contributed by atoms with E-state index in [4.69, 9.17) is 30.5 Å². The maximum absolute atomic E-state index is 12.4. The van der Waals surface area contributed by atoms with Gasteiger partial charge in [0.2, 0.25) is 0 Å². The summed E-state index contributed by atoms with van der Waals surface area (Å²) in [4.78, 5) is 21.2. The van der Waals surface area contributed by atoms with Crippen molar-refractivity contribution in [2.75, 3.05) is 0 Å². The van der Waals surface area contributed by atoms with Crippen molar-refractivity contribution in [1.82, 2.24) is 14.5 Å². The van der Waals surface area contributed by atoms with E-state index in [0.717, 1.165) is 27.9 Å². The van der Waals surface area contributed by atoms with E-state index in [-0.39, 0.29) is 12.4 Å². The van der Waals surface area contributed by atoms with Crippen LogP contribution < -0.4 is 0 Å². The van der Waals surface area contributed by atoms with Crippen LogP contribution in [0.15, 0.2) is 36.8 Å². The van der Waals surface area contributed by atoms with Crippen LogP contribution in [0.3, 0.4) is 0 Å². The quantitative estimate of drug-likeness (QED) is 0.545. The number of hydrogen-bond acceptors (Lipinski definition) is 7. The Labute approximate surface area is 189 Å². The van der Waals surface area contributed by atoms with E-state index in [0.29, 0.717) is 5.02 Å². The highest BCUT2D eigenvalue weighted by Crippen LogP contribution is 2.49. The molecule has 0 bridgehead atoms. The number of rotatable bonds is 2. The van der Waals surface area contributed by atoms with E-state index in [2.05, 4.69) is 9.97 Å². The zero-order valence-electron chi connectivity index (χ0n) is 17.8. The van der Waals surface area contributed by atoms with Gasteiger partial charge in [0.25, 0.3) is 0 Å². The summed E-state index contributed by atoms with van der Waals surface area (Å²) in [6.07, 6.45) is 1.11. The third kappa shape index (κ3) is 3.05. The Morgan fingerprint density at radius 3 is 2.78 bits per heavy atom. The minimum absolute atomic E-state index is 0.178. The summed E-state index contributed by atoms with van der Waals surface area (Å²) in [5, 5.41) is 1.52. The van der Waals surface area contributed by atoms with Crippen molar-refractivity contribution >= 4 is 28.6 Å². The van der Waals surface area contributed by atoms with Gasteiger partial charge in [-0.1, -0.05) is 17.7 Å². The predicted octanol–water partition coefficient (Wildman–Crippen LogP) is 3.65. The molecule has 2 saturated heterocycles. The fourth-order valence-electron chi connectivity index (χ4n) is 5.03. The van der Waals surface area contributed by atoms with Crippen LogP contribution >= 0.6 is 11.6 Å². The molecule has 2 fully saturated rings. The Kier molecular flexibility index (Phi) is 4.39. The largest absolute Gasteiger partial charge is 0.454 e. The van der Waals surface area contributed by atoms with E-state index in [1.807, 2.05) is 49.7 Å². The molecule has 3 aliphatic rings. The normalized spacial score (nSPS) is 30.9. The second-order valence-electron chi connectivity index (χ2n) is 8.91. The van der Waals surface area contributed by atoms with Crippen LogP contribution in [0.5, 0.6) is 0 Å². The lowest BCUT2D eigenvalue weighted by atomic mass is 9.91. The number of carbonyl (C=O) groups excluding carboxylic acids is 1. The summed E-state index contributed by atoms with van der Waals surface area (Å²) in [7, 11) is 0. The van der Waals surface area contributed by atoms with Gasteiger partial charge in [0, 0.05) is 16.6 Å². The molecule has 6 rings (SSSR count). The maximum atomic E-state index is 12.4. The van der Waals surface area contributed by atoms with Crippen molar-refractivity contribution in [3.8, 4) is 0 Å². The third-order valence-electron chi connectivity index (χ3n) is 6.35. The molecule has 0 spiro atoms. The summed E-state index contributed by atoms with van der Waals surface area (Å²) >= 11 is 6.17. The molecule has 0 aliphatic carbocycles. The van der Waals surface area contributed by atoms with Crippen molar-refractivity contribution in [2.24, 2.45) is 0 Å². The Hall–Kier alpha value is -2.52. The average Bonchev–Trinajstić information content (AvgIpc) is 3.38. The van der Waals surface area contributed by atoms with Gasteiger partial charge < -0.3 is 23.5 Å². The summed E-state index contributed by atoms with van der Waals surface area (Å²) in [6.45, 7) is 5.69. The van der Waals surface area contributed by atoms with Crippen molar-refractivity contribution in [2.45, 2.75) is 63.6 Å². The number of nitrogens with zero attached hydrogens (tertiary/aromatic N) is 3. The van der Waals surface area contributed by atoms with Gasteiger partial charge in [0.15, 0.2) is 18.1 Å². The van der Waals surface area contributed by atoms with Gasteiger partial charge in [-0.3, -0.25) is 4.79 Å². The van der Waals surface area contributed by atoms with Gasteiger partial charge in [-0.2, -0.15) is 0 Å². The molecule has 32 heavy (non-hydrogen) atoms. The maximum Gasteiger partial charge on any atom is 0.310 e. The molecule has 2 aromatic heterocycles. The number of ether oxygens (including phenoxy) is 4. The molecule has 3 aromatic rings. The highest BCUT2D eigenvalue weighted by atomic mass is 35.5. The van der Waals surface area contributed by atoms with Gasteiger partial charge in [0.1, 0.15) is 30.3 Å². The van der Waals surface area contributed by atoms with Gasteiger partial charge in [-0.25, -0.2) is 9.97 Å². The van der Waals surface area contributed by atoms with Crippen LogP contribution in [0.25, 0.3) is 11.0 Å². The summed E-state index contributed by atoms with van der Waals surface area (Å²) in [6, 6.07) is 7.47. The number of halogens is 1. The first-order valence-corrected chi connectivity index (χ1v) is 11.0. The molecule has 5 heterocycles. The molecule has 3 aliphatic heterocycles. The highest BCUT2D eigenvalue weighted by Gasteiger charge is 2.59. The first-order chi connectivity index (χ1) is 15.3. The van der Waals surface area contributed by atoms with Gasteiger partial charge >= 0.3 is 5.97 Å². The van der Waals surface area contributed by atoms with Crippen LogP contribution in [-0.2, 0) is 30.2 Å². The number of aromatic nitrogens is 3. The zero-order chi connectivity index (χ0) is 22.2. The molecular weight excluding hydrogens is 434 g/mol. The Balaban J connectivity index is 1.43. The van der Waals surface area contributed by atoms with Crippen LogP contribution in [0.1, 0.15) is 43.0 Å². The first kappa shape index (κ1) is 20.1. The second-order valence-corrected chi connectivity index (χ2v) is 9.34. The van der Waals surface area contributed by atoms with Crippen LogP contribution in [-0.4, -0.2) is 44.6 Å². The molecule has 0 amide bonds. The lowest BCUT2D eigenvalue weighted by Crippen LogP contribution is -2.38. The molecule has 8 nitrogen and oxygen atoms in total. The number of carbonyl (C=O) groups is 1. The highest BCUT2D eigenvalue weighted by molar-refractivity contribution is 6.30. The lowest BCUT2D eigenvalue weighted by molar-refractivity contribution is -0.212. The zero-order valence-corrected chi connectivity index (χ0v) is 18.6. The standard InChI is InChI=1S/C23H22ClN3O5/c1-11-14-6-7-27(21(14)26-10-25-11)22-20-19(31-23(2,3)32-20)18(30-22)17-15-5-4-13(24)8-12(15)9-16(28)29-17/h4-8,10,17-20,22H,9H2,1-3H3/t17?,18-,19-,20-,22-/m1/s1. The molecule has 5 atom stereocenters. The molecule has 0 saturated carbocycles. The number of hydrogen-bond donors (Lipinski definition) is 0. The monoisotopic (exact) mass is 455 g/mol. The molecule has 9 heteroatoms. The topological polar surface area (TPSA) is 84.7 Å². The molecular formula is C23H22ClN3O5. The number of cyclic esters (lactones) is 1. The number of esters is 1. The van der Waals surface area contributed by atoms with Gasteiger partial charge in [-0.05, 0) is 50.1 Å². The summed E-state index contributed by atoms with van der Waals surface area (Å²) in [5.41, 5.74) is 3.36. The minimum Gasteiger partial charge on any atom is -0.454 e. The molecule has 1 unspecified atom stereocenters. The van der Waals surface area contributed by atoms with Crippen molar-refractivity contribution in [3.05, 3.63) is 58.6 Å². The molecule has 0 radical (unpaired) electrons. The molecule has 166 valence electrons. The summed E-state index contributed by atoms with van der Waals surface area (Å²) < 4.78 is 26.8. The average molecular weight is 456 g/mol. The molecule has 0 N–H and O–H groups in total. The fraction of sp³-hybridized carbons (Fsp3) is 0.435. The van der Waals surface area contributed by atoms with E-state index in [1.165, 1.54) is 6.33 Å². The van der Waals surface area contributed by atoms with Gasteiger partial charge in [-0.15, -0.1) is 0 Å². The Morgan fingerprint density at radius 2 is 1.94 bits per heavy atom. The number of aryl methyl sites for hydroxylation is 1. The van der Waals surface area contributed by atoms with E-state index in [1.54, 1.807) is 6.07 Å². The van der Waals surface area contributed by atoms with E-state index < -0.39 is 36.4 Å².